The molecule has 0 fully saturated rings. The molecule has 2 aromatic rings. The van der Waals surface area contributed by atoms with Gasteiger partial charge in [-0.25, -0.2) is 13.2 Å². The minimum atomic E-state index is -0.706. The van der Waals surface area contributed by atoms with Crippen LogP contribution in [0.15, 0.2) is 36.4 Å². The van der Waals surface area contributed by atoms with E-state index in [0.717, 1.165) is 24.3 Å². The lowest BCUT2D eigenvalue weighted by molar-refractivity contribution is 0.303. The van der Waals surface area contributed by atoms with Crippen molar-refractivity contribution in [3.8, 4) is 17.6 Å². The lowest BCUT2D eigenvalue weighted by Crippen LogP contribution is -1.98. The molecule has 0 spiro atoms. The van der Waals surface area contributed by atoms with Crippen molar-refractivity contribution in [3.63, 3.8) is 0 Å². The van der Waals surface area contributed by atoms with Gasteiger partial charge in [-0.05, 0) is 29.8 Å². The van der Waals surface area contributed by atoms with Crippen molar-refractivity contribution in [3.05, 3.63) is 65.0 Å². The highest BCUT2D eigenvalue weighted by atomic mass is 19.1. The zero-order valence-corrected chi connectivity index (χ0v) is 10.9. The molecule has 0 bridgehead atoms. The van der Waals surface area contributed by atoms with E-state index in [1.165, 1.54) is 12.1 Å². The molecule has 0 unspecified atom stereocenters. The summed E-state index contributed by atoms with van der Waals surface area (Å²) in [4.78, 5) is 0. The molecule has 1 N–H and O–H groups in total. The normalized spacial score (nSPS) is 9.90. The second kappa shape index (κ2) is 6.82. The first-order valence-electron chi connectivity index (χ1n) is 6.05. The van der Waals surface area contributed by atoms with Crippen LogP contribution in [-0.4, -0.2) is 11.7 Å². The van der Waals surface area contributed by atoms with Gasteiger partial charge in [0, 0.05) is 17.7 Å². The van der Waals surface area contributed by atoms with Crippen molar-refractivity contribution < 1.29 is 23.0 Å². The van der Waals surface area contributed by atoms with E-state index in [2.05, 4.69) is 11.8 Å². The largest absolute Gasteiger partial charge is 0.489 e. The van der Waals surface area contributed by atoms with Crippen molar-refractivity contribution in [2.24, 2.45) is 0 Å². The Bertz CT molecular complexity index is 682. The molecule has 21 heavy (non-hydrogen) atoms. The van der Waals surface area contributed by atoms with Crippen LogP contribution in [0, 0.1) is 29.3 Å². The molecule has 5 heteroatoms. The maximum absolute atomic E-state index is 13.4. The molecule has 2 nitrogen and oxygen atoms in total. The summed E-state index contributed by atoms with van der Waals surface area (Å²) in [6, 6.07) is 6.83. The van der Waals surface area contributed by atoms with Crippen LogP contribution in [0.1, 0.15) is 11.1 Å². The summed E-state index contributed by atoms with van der Waals surface area (Å²) >= 11 is 0. The fourth-order valence-corrected chi connectivity index (χ4v) is 1.72. The quantitative estimate of drug-likeness (QED) is 0.881. The molecular weight excluding hydrogens is 281 g/mol. The zero-order chi connectivity index (χ0) is 15.2. The molecule has 0 saturated heterocycles. The molecule has 0 aliphatic rings. The predicted octanol–water partition coefficient (Wildman–Crippen LogP) is 3.03. The molecule has 0 saturated carbocycles. The van der Waals surface area contributed by atoms with Gasteiger partial charge in [-0.2, -0.15) is 0 Å². The van der Waals surface area contributed by atoms with Crippen molar-refractivity contribution in [2.45, 2.75) is 6.61 Å². The van der Waals surface area contributed by atoms with E-state index in [0.29, 0.717) is 11.1 Å². The van der Waals surface area contributed by atoms with Crippen molar-refractivity contribution in [1.29, 1.82) is 0 Å². The minimum absolute atomic E-state index is 0.106. The van der Waals surface area contributed by atoms with Crippen LogP contribution in [0.2, 0.25) is 0 Å². The van der Waals surface area contributed by atoms with Gasteiger partial charge in [-0.3, -0.25) is 0 Å². The second-order valence-corrected chi connectivity index (χ2v) is 4.20. The van der Waals surface area contributed by atoms with Crippen LogP contribution >= 0.6 is 0 Å². The Morgan fingerprint density at radius 2 is 1.57 bits per heavy atom. The predicted molar refractivity (Wildman–Crippen MR) is 71.1 cm³/mol. The molecule has 2 rings (SSSR count). The van der Waals surface area contributed by atoms with Gasteiger partial charge in [0.05, 0.1) is 0 Å². The topological polar surface area (TPSA) is 29.5 Å². The monoisotopic (exact) mass is 292 g/mol. The van der Waals surface area contributed by atoms with Crippen LogP contribution < -0.4 is 4.74 Å². The molecule has 0 heterocycles. The van der Waals surface area contributed by atoms with Gasteiger partial charge in [-0.15, -0.1) is 0 Å². The first-order chi connectivity index (χ1) is 10.1. The number of aliphatic hydroxyl groups excluding tert-OH is 1. The third-order valence-corrected chi connectivity index (χ3v) is 2.51. The van der Waals surface area contributed by atoms with E-state index in [4.69, 9.17) is 9.84 Å². The SMILES string of the molecule is OCC#Cc1cc(F)cc(OCc2cc(F)cc(F)c2)c1. The number of rotatable bonds is 3. The van der Waals surface area contributed by atoms with Crippen molar-refractivity contribution in [1.82, 2.24) is 0 Å². The number of halogens is 3. The number of hydrogen-bond acceptors (Lipinski definition) is 2. The maximum Gasteiger partial charge on any atom is 0.128 e. The molecule has 0 radical (unpaired) electrons. The first-order valence-corrected chi connectivity index (χ1v) is 6.05. The van der Waals surface area contributed by atoms with Crippen LogP contribution in [0.4, 0.5) is 13.2 Å². The van der Waals surface area contributed by atoms with Crippen LogP contribution in [-0.2, 0) is 6.61 Å². The smallest absolute Gasteiger partial charge is 0.128 e. The Balaban J connectivity index is 2.14. The Morgan fingerprint density at radius 1 is 0.905 bits per heavy atom. The first kappa shape index (κ1) is 14.9. The van der Waals surface area contributed by atoms with Crippen LogP contribution in [0.3, 0.4) is 0 Å². The third kappa shape index (κ3) is 4.55. The van der Waals surface area contributed by atoms with Gasteiger partial charge in [0.25, 0.3) is 0 Å². The van der Waals surface area contributed by atoms with Crippen LogP contribution in [0.5, 0.6) is 5.75 Å². The number of benzene rings is 2. The Morgan fingerprint density at radius 3 is 2.24 bits per heavy atom. The lowest BCUT2D eigenvalue weighted by atomic mass is 10.2. The summed E-state index contributed by atoms with van der Waals surface area (Å²) in [5.41, 5.74) is 0.629. The molecule has 2 aromatic carbocycles. The van der Waals surface area contributed by atoms with E-state index in [1.54, 1.807) is 0 Å². The summed E-state index contributed by atoms with van der Waals surface area (Å²) in [5, 5.41) is 8.60. The van der Waals surface area contributed by atoms with Gasteiger partial charge >= 0.3 is 0 Å². The summed E-state index contributed by atoms with van der Waals surface area (Å²) in [6.07, 6.45) is 0. The summed E-state index contributed by atoms with van der Waals surface area (Å²) in [6.45, 7) is -0.444. The molecule has 0 amide bonds. The standard InChI is InChI=1S/C16H11F3O2/c17-13-5-12(6-14(18)8-13)10-21-16-7-11(2-1-3-20)4-15(19)9-16/h4-9,20H,3,10H2. The maximum atomic E-state index is 13.4. The fourth-order valence-electron chi connectivity index (χ4n) is 1.72. The van der Waals surface area contributed by atoms with Gasteiger partial charge in [0.15, 0.2) is 0 Å². The van der Waals surface area contributed by atoms with E-state index >= 15 is 0 Å². The van der Waals surface area contributed by atoms with E-state index in [-0.39, 0.29) is 19.0 Å². The average molecular weight is 292 g/mol. The van der Waals surface area contributed by atoms with Gasteiger partial charge in [0.1, 0.15) is 36.4 Å². The molecule has 0 atom stereocenters. The van der Waals surface area contributed by atoms with E-state index < -0.39 is 17.5 Å². The summed E-state index contributed by atoms with van der Waals surface area (Å²) in [5.74, 6) is 3.16. The highest BCUT2D eigenvalue weighted by Crippen LogP contribution is 2.18. The number of aliphatic hydroxyl groups is 1. The van der Waals surface area contributed by atoms with Gasteiger partial charge in [0.2, 0.25) is 0 Å². The van der Waals surface area contributed by atoms with Crippen LogP contribution in [0.25, 0.3) is 0 Å². The molecule has 108 valence electrons. The zero-order valence-electron chi connectivity index (χ0n) is 10.9. The molecule has 0 aliphatic heterocycles. The average Bonchev–Trinajstić information content (AvgIpc) is 2.41. The Hall–Kier alpha value is -2.45. The highest BCUT2D eigenvalue weighted by molar-refractivity contribution is 5.40. The van der Waals surface area contributed by atoms with Gasteiger partial charge < -0.3 is 9.84 Å². The number of hydrogen-bond donors (Lipinski definition) is 1. The Kier molecular flexibility index (Phi) is 4.85. The number of ether oxygens (including phenoxy) is 1. The van der Waals surface area contributed by atoms with Crippen molar-refractivity contribution >= 4 is 0 Å². The Labute approximate surface area is 119 Å². The minimum Gasteiger partial charge on any atom is -0.489 e. The molecule has 0 aromatic heterocycles. The fraction of sp³-hybridized carbons (Fsp3) is 0.125. The second-order valence-electron chi connectivity index (χ2n) is 4.20. The van der Waals surface area contributed by atoms with E-state index in [9.17, 15) is 13.2 Å². The lowest BCUT2D eigenvalue weighted by Gasteiger charge is -2.07. The summed E-state index contributed by atoms with van der Waals surface area (Å²) < 4.78 is 44.7. The highest BCUT2D eigenvalue weighted by Gasteiger charge is 2.04. The van der Waals surface area contributed by atoms with Crippen molar-refractivity contribution in [2.75, 3.05) is 6.61 Å². The third-order valence-electron chi connectivity index (χ3n) is 2.51. The molecule has 0 aliphatic carbocycles. The van der Waals surface area contributed by atoms with E-state index in [1.807, 2.05) is 0 Å². The van der Waals surface area contributed by atoms with Gasteiger partial charge in [-0.1, -0.05) is 11.8 Å². The molecular formula is C16H11F3O2. The summed E-state index contributed by atoms with van der Waals surface area (Å²) in [7, 11) is 0.